The Morgan fingerprint density at radius 2 is 0.792 bits per heavy atom. The van der Waals surface area contributed by atoms with E-state index in [4.69, 9.17) is 18.9 Å². The Morgan fingerprint density at radius 1 is 0.431 bits per heavy atom. The summed E-state index contributed by atoms with van der Waals surface area (Å²) < 4.78 is 22.6. The van der Waals surface area contributed by atoms with Crippen LogP contribution in [0.3, 0.4) is 0 Å². The van der Waals surface area contributed by atoms with Crippen LogP contribution in [0.2, 0.25) is 0 Å². The smallest absolute Gasteiger partial charge is 0.306 e. The Hall–Kier alpha value is -3.01. The molecular formula is C63H113NO8. The Labute approximate surface area is 444 Å². The lowest BCUT2D eigenvalue weighted by molar-refractivity contribution is -0.870. The van der Waals surface area contributed by atoms with Gasteiger partial charge >= 0.3 is 11.9 Å². The second-order valence-corrected chi connectivity index (χ2v) is 21.3. The Bertz CT molecular complexity index is 1360. The minimum Gasteiger partial charge on any atom is -0.545 e. The molecule has 0 heterocycles. The fraction of sp³-hybridized carbons (Fsp3) is 0.794. The zero-order chi connectivity index (χ0) is 52.7. The number of nitrogens with zero attached hydrogens (tertiary/aromatic N) is 1. The van der Waals surface area contributed by atoms with Gasteiger partial charge in [0.25, 0.3) is 0 Å². The monoisotopic (exact) mass is 1010 g/mol. The van der Waals surface area contributed by atoms with Gasteiger partial charge in [-0.05, 0) is 51.4 Å². The first-order valence-corrected chi connectivity index (χ1v) is 29.9. The first-order valence-electron chi connectivity index (χ1n) is 29.9. The van der Waals surface area contributed by atoms with Crippen molar-refractivity contribution < 1.29 is 42.9 Å². The number of quaternary nitrogens is 1. The van der Waals surface area contributed by atoms with Crippen LogP contribution < -0.4 is 5.11 Å². The van der Waals surface area contributed by atoms with Crippen molar-refractivity contribution in [3.05, 3.63) is 60.8 Å². The molecule has 0 radical (unpaired) electrons. The van der Waals surface area contributed by atoms with Crippen molar-refractivity contribution in [3.63, 3.8) is 0 Å². The lowest BCUT2D eigenvalue weighted by atomic mass is 10.0. The van der Waals surface area contributed by atoms with Crippen LogP contribution in [0.4, 0.5) is 0 Å². The molecule has 0 N–H and O–H groups in total. The molecule has 72 heavy (non-hydrogen) atoms. The number of ether oxygens (including phenoxy) is 4. The van der Waals surface area contributed by atoms with Crippen LogP contribution in [0, 0.1) is 0 Å². The number of carboxylic acids is 1. The summed E-state index contributed by atoms with van der Waals surface area (Å²) >= 11 is 0. The van der Waals surface area contributed by atoms with Crippen molar-refractivity contribution in [1.29, 1.82) is 0 Å². The summed E-state index contributed by atoms with van der Waals surface area (Å²) in [5.41, 5.74) is 0. The van der Waals surface area contributed by atoms with Gasteiger partial charge in [-0.15, -0.1) is 0 Å². The number of rotatable bonds is 55. The van der Waals surface area contributed by atoms with E-state index in [-0.39, 0.29) is 38.6 Å². The van der Waals surface area contributed by atoms with Gasteiger partial charge in [0.2, 0.25) is 0 Å². The zero-order valence-electron chi connectivity index (χ0n) is 47.5. The van der Waals surface area contributed by atoms with Gasteiger partial charge in [0.05, 0.1) is 40.3 Å². The van der Waals surface area contributed by atoms with Gasteiger partial charge in [-0.25, -0.2) is 0 Å². The standard InChI is InChI=1S/C63H113NO8/c1-6-8-10-12-14-16-18-20-22-24-25-26-27-28-29-30-31-32-33-34-35-36-38-39-41-43-45-47-49-51-53-60(65)70-57-59(58-71-63(62(67)68)69-56-55-64(3,4)5)72-61(66)54-52-50-48-46-44-42-40-37-23-21-19-17-15-13-11-9-7-2/h9,11,15,17,21,23,40,42,46,48,59,63H,6-8,10,12-14,16,18-20,22,24-39,41,43-45,47,49-58H2,1-5H3/b11-9-,17-15-,23-21-,42-40-,48-46-. The molecule has 0 aromatic rings. The van der Waals surface area contributed by atoms with Gasteiger partial charge in [0.15, 0.2) is 12.4 Å². The maximum absolute atomic E-state index is 12.8. The Kier molecular flexibility index (Phi) is 52.0. The Morgan fingerprint density at radius 3 is 1.17 bits per heavy atom. The molecule has 0 saturated heterocycles. The molecule has 0 aliphatic carbocycles. The van der Waals surface area contributed by atoms with Crippen molar-refractivity contribution in [2.24, 2.45) is 0 Å². The number of aliphatic carboxylic acids is 1. The van der Waals surface area contributed by atoms with Crippen LogP contribution >= 0.6 is 0 Å². The third-order valence-electron chi connectivity index (χ3n) is 13.0. The van der Waals surface area contributed by atoms with E-state index in [0.29, 0.717) is 23.9 Å². The van der Waals surface area contributed by atoms with Crippen LogP contribution in [0.25, 0.3) is 0 Å². The molecule has 0 rings (SSSR count). The molecule has 0 amide bonds. The molecule has 9 nitrogen and oxygen atoms in total. The van der Waals surface area contributed by atoms with Crippen LogP contribution in [0.1, 0.15) is 264 Å². The second kappa shape index (κ2) is 54.3. The van der Waals surface area contributed by atoms with E-state index in [0.717, 1.165) is 51.4 Å². The summed E-state index contributed by atoms with van der Waals surface area (Å²) in [6.07, 6.45) is 65.9. The molecule has 0 aliphatic heterocycles. The van der Waals surface area contributed by atoms with E-state index in [1.54, 1.807) is 0 Å². The summed E-state index contributed by atoms with van der Waals surface area (Å²) in [6.45, 7) is 4.59. The van der Waals surface area contributed by atoms with Gasteiger partial charge in [0, 0.05) is 12.8 Å². The van der Waals surface area contributed by atoms with Crippen LogP contribution in [0.5, 0.6) is 0 Å². The molecule has 9 heteroatoms. The van der Waals surface area contributed by atoms with E-state index in [1.165, 1.54) is 173 Å². The highest BCUT2D eigenvalue weighted by atomic mass is 16.7. The molecule has 2 atom stereocenters. The summed E-state index contributed by atoms with van der Waals surface area (Å²) in [6, 6.07) is 0. The highest BCUT2D eigenvalue weighted by Crippen LogP contribution is 2.17. The summed E-state index contributed by atoms with van der Waals surface area (Å²) in [5, 5.41) is 11.8. The minimum absolute atomic E-state index is 0.136. The third-order valence-corrected chi connectivity index (χ3v) is 13.0. The number of hydrogen-bond donors (Lipinski definition) is 0. The fourth-order valence-corrected chi connectivity index (χ4v) is 8.46. The average Bonchev–Trinajstić information content (AvgIpc) is 3.35. The predicted molar refractivity (Wildman–Crippen MR) is 302 cm³/mol. The molecule has 0 aromatic heterocycles. The molecule has 0 spiro atoms. The number of esters is 2. The quantitative estimate of drug-likeness (QED) is 0.0195. The molecule has 0 aliphatic rings. The van der Waals surface area contributed by atoms with Gasteiger partial charge in [-0.2, -0.15) is 0 Å². The Balaban J connectivity index is 4.15. The van der Waals surface area contributed by atoms with Gasteiger partial charge in [0.1, 0.15) is 13.2 Å². The van der Waals surface area contributed by atoms with Crippen molar-refractivity contribution >= 4 is 17.9 Å². The summed E-state index contributed by atoms with van der Waals surface area (Å²) in [4.78, 5) is 37.2. The van der Waals surface area contributed by atoms with Gasteiger partial charge in [-0.3, -0.25) is 9.59 Å². The molecule has 2 unspecified atom stereocenters. The average molecular weight is 1010 g/mol. The topological polar surface area (TPSA) is 111 Å². The molecule has 0 bridgehead atoms. The minimum atomic E-state index is -1.64. The summed E-state index contributed by atoms with van der Waals surface area (Å²) in [7, 11) is 5.90. The number of hydrogen-bond acceptors (Lipinski definition) is 8. The van der Waals surface area contributed by atoms with Crippen molar-refractivity contribution in [1.82, 2.24) is 0 Å². The normalized spacial score (nSPS) is 13.2. The van der Waals surface area contributed by atoms with Crippen molar-refractivity contribution in [2.75, 3.05) is 47.5 Å². The molecule has 418 valence electrons. The molecule has 0 saturated carbocycles. The van der Waals surface area contributed by atoms with Crippen LogP contribution in [-0.4, -0.2) is 82.3 Å². The van der Waals surface area contributed by atoms with E-state index in [1.807, 2.05) is 21.1 Å². The first kappa shape index (κ1) is 69.0. The van der Waals surface area contributed by atoms with E-state index < -0.39 is 24.3 Å². The maximum Gasteiger partial charge on any atom is 0.306 e. The zero-order valence-corrected chi connectivity index (χ0v) is 47.5. The van der Waals surface area contributed by atoms with Crippen LogP contribution in [0.15, 0.2) is 60.8 Å². The van der Waals surface area contributed by atoms with E-state index in [2.05, 4.69) is 74.6 Å². The van der Waals surface area contributed by atoms with Crippen molar-refractivity contribution in [2.45, 2.75) is 277 Å². The number of unbranched alkanes of at least 4 members (excludes halogenated alkanes) is 30. The third kappa shape index (κ3) is 54.8. The highest BCUT2D eigenvalue weighted by Gasteiger charge is 2.22. The van der Waals surface area contributed by atoms with E-state index >= 15 is 0 Å². The number of carbonyl (C=O) groups is 3. The maximum atomic E-state index is 12.8. The largest absolute Gasteiger partial charge is 0.545 e. The predicted octanol–water partition coefficient (Wildman–Crippen LogP) is 16.3. The number of likely N-dealkylation sites (N-methyl/N-ethyl adjacent to an activating group) is 1. The van der Waals surface area contributed by atoms with Gasteiger partial charge < -0.3 is 33.3 Å². The SMILES string of the molecule is CC/C=C\C/C=C\C/C=C\C/C=C\C/C=C\CCCC(=O)OC(COC(=O)CCCCCCCCCCCCCCCCCCCCCCCCCCCCCCCC)COC(OCC[N+](C)(C)C)C(=O)[O-]. The lowest BCUT2D eigenvalue weighted by Gasteiger charge is -2.26. The van der Waals surface area contributed by atoms with E-state index in [9.17, 15) is 19.5 Å². The van der Waals surface area contributed by atoms with Gasteiger partial charge in [-0.1, -0.05) is 261 Å². The highest BCUT2D eigenvalue weighted by molar-refractivity contribution is 5.70. The molecular weight excluding hydrogens is 899 g/mol. The number of allylic oxidation sites excluding steroid dienone is 10. The van der Waals surface area contributed by atoms with Crippen LogP contribution in [-0.2, 0) is 33.3 Å². The summed E-state index contributed by atoms with van der Waals surface area (Å²) in [5.74, 6) is -2.36. The van der Waals surface area contributed by atoms with Crippen molar-refractivity contribution in [3.8, 4) is 0 Å². The second-order valence-electron chi connectivity index (χ2n) is 21.3. The first-order chi connectivity index (χ1) is 35.1. The fourth-order valence-electron chi connectivity index (χ4n) is 8.46. The lowest BCUT2D eigenvalue weighted by Crippen LogP contribution is -2.44. The molecule has 0 aromatic carbocycles. The number of carboxylic acid groups (broad SMARTS) is 1. The number of carbonyl (C=O) groups excluding carboxylic acids is 3. The molecule has 0 fully saturated rings.